The van der Waals surface area contributed by atoms with E-state index in [1.807, 2.05) is 12.1 Å². The molecule has 3 rings (SSSR count). The first-order valence-electron chi connectivity index (χ1n) is 7.68. The molecule has 2 aromatic rings. The Balaban J connectivity index is 1.70. The zero-order valence-electron chi connectivity index (χ0n) is 13.1. The van der Waals surface area contributed by atoms with E-state index in [4.69, 9.17) is 16.3 Å². The molecule has 0 saturated heterocycles. The van der Waals surface area contributed by atoms with Crippen LogP contribution < -0.4 is 15.4 Å². The Hall–Kier alpha value is -2.31. The number of aliphatic hydroxyl groups is 1. The average molecular weight is 348 g/mol. The van der Waals surface area contributed by atoms with Gasteiger partial charge in [0.1, 0.15) is 11.6 Å². The normalized spacial score (nSPS) is 17.4. The van der Waals surface area contributed by atoms with Crippen molar-refractivity contribution in [2.45, 2.75) is 25.5 Å². The number of carbonyl (C=O) groups is 1. The van der Waals surface area contributed by atoms with Crippen LogP contribution in [0.1, 0.15) is 36.7 Å². The van der Waals surface area contributed by atoms with Gasteiger partial charge in [0.25, 0.3) is 0 Å². The van der Waals surface area contributed by atoms with Crippen LogP contribution in [0.25, 0.3) is 0 Å². The monoisotopic (exact) mass is 347 g/mol. The van der Waals surface area contributed by atoms with Gasteiger partial charge in [-0.25, -0.2) is 9.78 Å². The Kier molecular flexibility index (Phi) is 4.87. The van der Waals surface area contributed by atoms with Gasteiger partial charge in [-0.05, 0) is 25.1 Å². The van der Waals surface area contributed by atoms with Gasteiger partial charge in [-0.1, -0.05) is 29.8 Å². The number of aromatic nitrogens is 1. The van der Waals surface area contributed by atoms with Crippen LogP contribution in [0.3, 0.4) is 0 Å². The molecule has 7 heteroatoms. The second-order valence-corrected chi connectivity index (χ2v) is 5.98. The van der Waals surface area contributed by atoms with Gasteiger partial charge in [0, 0.05) is 12.0 Å². The van der Waals surface area contributed by atoms with Gasteiger partial charge in [0.15, 0.2) is 0 Å². The number of amides is 2. The van der Waals surface area contributed by atoms with Crippen LogP contribution in [0.5, 0.6) is 5.75 Å². The Labute approximate surface area is 144 Å². The number of ether oxygens (including phenoxy) is 1. The van der Waals surface area contributed by atoms with E-state index >= 15 is 0 Å². The fourth-order valence-electron chi connectivity index (χ4n) is 2.60. The summed E-state index contributed by atoms with van der Waals surface area (Å²) >= 11 is 6.13. The predicted octanol–water partition coefficient (Wildman–Crippen LogP) is 3.43. The number of hydrogen-bond donors (Lipinski definition) is 3. The van der Waals surface area contributed by atoms with Gasteiger partial charge in [0.05, 0.1) is 29.5 Å². The van der Waals surface area contributed by atoms with Crippen LogP contribution in [0, 0.1) is 0 Å². The first kappa shape index (κ1) is 16.5. The van der Waals surface area contributed by atoms with Crippen LogP contribution >= 0.6 is 11.6 Å². The van der Waals surface area contributed by atoms with Gasteiger partial charge in [-0.3, -0.25) is 5.32 Å². The molecule has 24 heavy (non-hydrogen) atoms. The summed E-state index contributed by atoms with van der Waals surface area (Å²) in [6.45, 7) is 2.10. The molecule has 0 aliphatic carbocycles. The van der Waals surface area contributed by atoms with E-state index in [1.54, 1.807) is 31.2 Å². The van der Waals surface area contributed by atoms with E-state index in [-0.39, 0.29) is 12.1 Å². The molecule has 1 aromatic carbocycles. The number of carbonyl (C=O) groups excluding carboxylic acids is 1. The van der Waals surface area contributed by atoms with Crippen molar-refractivity contribution in [1.82, 2.24) is 10.3 Å². The zero-order valence-corrected chi connectivity index (χ0v) is 13.9. The third-order valence-corrected chi connectivity index (χ3v) is 4.07. The molecule has 2 amide bonds. The molecule has 0 saturated carbocycles. The molecule has 0 radical (unpaired) electrons. The lowest BCUT2D eigenvalue weighted by Crippen LogP contribution is -2.35. The minimum Gasteiger partial charge on any atom is -0.492 e. The summed E-state index contributed by atoms with van der Waals surface area (Å²) in [4.78, 5) is 16.5. The molecular weight excluding hydrogens is 330 g/mol. The standard InChI is InChI=1S/C17H18ClN3O3/c1-10(22)13-6-3-7-15(19-13)21-17(23)20-14-8-9-24-16-11(14)4-2-5-12(16)18/h2-7,10,14,22H,8-9H2,1H3,(H2,19,20,21,23)/t10-,14+/m1/s1. The highest BCUT2D eigenvalue weighted by Gasteiger charge is 2.24. The van der Waals surface area contributed by atoms with E-state index in [0.29, 0.717) is 35.3 Å². The quantitative estimate of drug-likeness (QED) is 0.794. The molecule has 1 aliphatic heterocycles. The summed E-state index contributed by atoms with van der Waals surface area (Å²) in [5.41, 5.74) is 1.35. The molecule has 1 aliphatic rings. The van der Waals surface area contributed by atoms with Crippen molar-refractivity contribution >= 4 is 23.4 Å². The minimum absolute atomic E-state index is 0.188. The SMILES string of the molecule is C[C@@H](O)c1cccc(NC(=O)N[C@H]2CCOc3c(Cl)cccc32)n1. The highest BCUT2D eigenvalue weighted by atomic mass is 35.5. The molecule has 126 valence electrons. The summed E-state index contributed by atoms with van der Waals surface area (Å²) in [7, 11) is 0. The summed E-state index contributed by atoms with van der Waals surface area (Å²) in [6.07, 6.45) is -0.0404. The molecule has 2 heterocycles. The summed E-state index contributed by atoms with van der Waals surface area (Å²) in [5, 5.41) is 15.7. The molecule has 2 atom stereocenters. The van der Waals surface area contributed by atoms with Gasteiger partial charge in [-0.2, -0.15) is 0 Å². The fraction of sp³-hybridized carbons (Fsp3) is 0.294. The number of para-hydroxylation sites is 1. The van der Waals surface area contributed by atoms with E-state index in [9.17, 15) is 9.90 Å². The number of fused-ring (bicyclic) bond motifs is 1. The largest absolute Gasteiger partial charge is 0.492 e. The smallest absolute Gasteiger partial charge is 0.320 e. The molecule has 3 N–H and O–H groups in total. The zero-order chi connectivity index (χ0) is 17.1. The number of anilines is 1. The summed E-state index contributed by atoms with van der Waals surface area (Å²) in [5.74, 6) is 0.995. The van der Waals surface area contributed by atoms with E-state index in [2.05, 4.69) is 15.6 Å². The second-order valence-electron chi connectivity index (χ2n) is 5.57. The highest BCUT2D eigenvalue weighted by Crippen LogP contribution is 2.37. The van der Waals surface area contributed by atoms with E-state index in [0.717, 1.165) is 5.56 Å². The number of benzene rings is 1. The number of aliphatic hydroxyl groups excluding tert-OH is 1. The third-order valence-electron chi connectivity index (χ3n) is 3.77. The van der Waals surface area contributed by atoms with Gasteiger partial charge in [-0.15, -0.1) is 0 Å². The molecule has 0 fully saturated rings. The van der Waals surface area contributed by atoms with E-state index in [1.165, 1.54) is 0 Å². The number of hydrogen-bond acceptors (Lipinski definition) is 4. The number of nitrogens with zero attached hydrogens (tertiary/aromatic N) is 1. The number of nitrogens with one attached hydrogen (secondary N) is 2. The van der Waals surface area contributed by atoms with Gasteiger partial charge < -0.3 is 15.2 Å². The van der Waals surface area contributed by atoms with Crippen molar-refractivity contribution in [3.63, 3.8) is 0 Å². The molecule has 1 aromatic heterocycles. The van der Waals surface area contributed by atoms with Crippen molar-refractivity contribution in [2.24, 2.45) is 0 Å². The number of pyridine rings is 1. The van der Waals surface area contributed by atoms with Crippen molar-refractivity contribution in [3.05, 3.63) is 52.7 Å². The van der Waals surface area contributed by atoms with Crippen molar-refractivity contribution in [2.75, 3.05) is 11.9 Å². The van der Waals surface area contributed by atoms with Crippen LogP contribution in [-0.2, 0) is 0 Å². The summed E-state index contributed by atoms with van der Waals surface area (Å²) < 4.78 is 5.58. The first-order chi connectivity index (χ1) is 11.5. The Morgan fingerprint density at radius 3 is 2.96 bits per heavy atom. The second kappa shape index (κ2) is 7.07. The van der Waals surface area contributed by atoms with Crippen LogP contribution in [0.2, 0.25) is 5.02 Å². The fourth-order valence-corrected chi connectivity index (χ4v) is 2.84. The molecule has 0 spiro atoms. The van der Waals surface area contributed by atoms with Crippen LogP contribution in [-0.4, -0.2) is 22.7 Å². The maximum atomic E-state index is 12.3. The van der Waals surface area contributed by atoms with E-state index < -0.39 is 6.10 Å². The maximum Gasteiger partial charge on any atom is 0.320 e. The Morgan fingerprint density at radius 1 is 1.38 bits per heavy atom. The van der Waals surface area contributed by atoms with Crippen LogP contribution in [0.15, 0.2) is 36.4 Å². The number of halogens is 1. The lowest BCUT2D eigenvalue weighted by molar-refractivity contribution is 0.194. The third kappa shape index (κ3) is 3.60. The molecule has 6 nitrogen and oxygen atoms in total. The van der Waals surface area contributed by atoms with Crippen molar-refractivity contribution in [1.29, 1.82) is 0 Å². The van der Waals surface area contributed by atoms with Crippen molar-refractivity contribution in [3.8, 4) is 5.75 Å². The lowest BCUT2D eigenvalue weighted by atomic mass is 10.0. The minimum atomic E-state index is -0.695. The average Bonchev–Trinajstić information content (AvgIpc) is 2.56. The lowest BCUT2D eigenvalue weighted by Gasteiger charge is -2.27. The summed E-state index contributed by atoms with van der Waals surface area (Å²) in [6, 6.07) is 10.0. The Morgan fingerprint density at radius 2 is 2.17 bits per heavy atom. The maximum absolute atomic E-state index is 12.3. The Bertz CT molecular complexity index is 752. The molecule has 0 unspecified atom stereocenters. The van der Waals surface area contributed by atoms with Gasteiger partial charge >= 0.3 is 6.03 Å². The molecule has 0 bridgehead atoms. The van der Waals surface area contributed by atoms with Crippen LogP contribution in [0.4, 0.5) is 10.6 Å². The van der Waals surface area contributed by atoms with Gasteiger partial charge in [0.2, 0.25) is 0 Å². The highest BCUT2D eigenvalue weighted by molar-refractivity contribution is 6.32. The number of urea groups is 1. The predicted molar refractivity (Wildman–Crippen MR) is 91.3 cm³/mol. The van der Waals surface area contributed by atoms with Crippen molar-refractivity contribution < 1.29 is 14.6 Å². The molecular formula is C17H18ClN3O3. The number of rotatable bonds is 3. The first-order valence-corrected chi connectivity index (χ1v) is 8.06. The topological polar surface area (TPSA) is 83.5 Å².